The predicted molar refractivity (Wildman–Crippen MR) is 209 cm³/mol. The van der Waals surface area contributed by atoms with Crippen LogP contribution >= 0.6 is 22.7 Å². The van der Waals surface area contributed by atoms with Gasteiger partial charge in [-0.05, 0) is 85.0 Å². The standard InChI is InChI=1S/C44H53NS2/c1-4-6-8-10-12-20-30-44(31-21-13-11-9-7-5-2)39-32-34(3)46-42(39)43-40(44)33-41(47-43)35-26-28-38(29-27-35)45(36-22-16-14-17-23-36)37-24-18-15-19-25-37/h14-19,22-29,32-33H,4-13,20-21,30-31H2,1-3H3. The summed E-state index contributed by atoms with van der Waals surface area (Å²) < 4.78 is 0. The largest absolute Gasteiger partial charge is 0.311 e. The fraction of sp³-hybridized carbons (Fsp3) is 0.409. The van der Waals surface area contributed by atoms with Crippen LogP contribution in [0.15, 0.2) is 97.1 Å². The molecule has 0 saturated heterocycles. The molecule has 3 aromatic carbocycles. The van der Waals surface area contributed by atoms with Crippen LogP contribution in [0, 0.1) is 6.92 Å². The lowest BCUT2D eigenvalue weighted by Gasteiger charge is -2.31. The van der Waals surface area contributed by atoms with Crippen molar-refractivity contribution < 1.29 is 0 Å². The normalized spacial score (nSPS) is 13.1. The van der Waals surface area contributed by atoms with Gasteiger partial charge in [-0.2, -0.15) is 0 Å². The van der Waals surface area contributed by atoms with Crippen LogP contribution in [-0.2, 0) is 5.41 Å². The van der Waals surface area contributed by atoms with E-state index in [4.69, 9.17) is 0 Å². The van der Waals surface area contributed by atoms with E-state index in [1.54, 1.807) is 20.9 Å². The SMILES string of the molecule is CCCCCCCCC1(CCCCCCCC)c2cc(C)sc2-c2sc(-c3ccc(N(c4ccccc4)c4ccccc4)cc3)cc21. The zero-order valence-electron chi connectivity index (χ0n) is 28.9. The van der Waals surface area contributed by atoms with E-state index in [9.17, 15) is 0 Å². The average molecular weight is 660 g/mol. The van der Waals surface area contributed by atoms with Crippen molar-refractivity contribution in [3.63, 3.8) is 0 Å². The minimum absolute atomic E-state index is 0.178. The van der Waals surface area contributed by atoms with Gasteiger partial charge in [-0.25, -0.2) is 0 Å². The molecule has 0 spiro atoms. The number of para-hydroxylation sites is 2. The lowest BCUT2D eigenvalue weighted by atomic mass is 9.71. The minimum Gasteiger partial charge on any atom is -0.311 e. The van der Waals surface area contributed by atoms with Crippen molar-refractivity contribution in [2.24, 2.45) is 0 Å². The van der Waals surface area contributed by atoms with Gasteiger partial charge in [0, 0.05) is 42.0 Å². The summed E-state index contributed by atoms with van der Waals surface area (Å²) >= 11 is 4.07. The van der Waals surface area contributed by atoms with Crippen molar-refractivity contribution in [3.05, 3.63) is 113 Å². The van der Waals surface area contributed by atoms with Gasteiger partial charge in [-0.15, -0.1) is 22.7 Å². The lowest BCUT2D eigenvalue weighted by molar-refractivity contribution is 0.398. The van der Waals surface area contributed by atoms with Gasteiger partial charge in [0.15, 0.2) is 0 Å². The number of nitrogens with zero attached hydrogens (tertiary/aromatic N) is 1. The van der Waals surface area contributed by atoms with E-state index in [1.807, 2.05) is 22.7 Å². The van der Waals surface area contributed by atoms with Gasteiger partial charge >= 0.3 is 0 Å². The van der Waals surface area contributed by atoms with Gasteiger partial charge in [-0.3, -0.25) is 0 Å². The lowest BCUT2D eigenvalue weighted by Crippen LogP contribution is -2.25. The molecule has 3 heteroatoms. The Labute approximate surface area is 292 Å². The van der Waals surface area contributed by atoms with Crippen molar-refractivity contribution in [2.45, 2.75) is 116 Å². The molecule has 2 heterocycles. The first-order valence-corrected chi connectivity index (χ1v) is 20.0. The third-order valence-corrected chi connectivity index (χ3v) is 12.6. The van der Waals surface area contributed by atoms with E-state index in [1.165, 1.54) is 122 Å². The summed E-state index contributed by atoms with van der Waals surface area (Å²) in [5, 5.41) is 0. The molecule has 5 aromatic rings. The number of thiophene rings is 2. The van der Waals surface area contributed by atoms with E-state index in [0.717, 1.165) is 0 Å². The number of hydrogen-bond acceptors (Lipinski definition) is 3. The number of unbranched alkanes of at least 4 members (excludes halogenated alkanes) is 10. The number of rotatable bonds is 18. The summed E-state index contributed by atoms with van der Waals surface area (Å²) in [6.07, 6.45) is 18.9. The maximum Gasteiger partial charge on any atom is 0.0493 e. The molecule has 0 N–H and O–H groups in total. The Morgan fingerprint density at radius 1 is 0.511 bits per heavy atom. The second-order valence-electron chi connectivity index (χ2n) is 13.6. The molecule has 0 fully saturated rings. The number of anilines is 3. The number of benzene rings is 3. The van der Waals surface area contributed by atoms with Gasteiger partial charge in [-0.1, -0.05) is 139 Å². The van der Waals surface area contributed by atoms with Gasteiger partial charge in [0.2, 0.25) is 0 Å². The summed E-state index contributed by atoms with van der Waals surface area (Å²) in [7, 11) is 0. The molecular formula is C44H53NS2. The molecule has 1 aliphatic carbocycles. The molecule has 0 saturated carbocycles. The third-order valence-electron chi connectivity index (χ3n) is 10.2. The zero-order chi connectivity index (χ0) is 32.5. The number of aryl methyl sites for hydroxylation is 1. The van der Waals surface area contributed by atoms with Crippen LogP contribution < -0.4 is 4.90 Å². The monoisotopic (exact) mass is 659 g/mol. The van der Waals surface area contributed by atoms with E-state index < -0.39 is 0 Å². The highest BCUT2D eigenvalue weighted by Gasteiger charge is 2.45. The van der Waals surface area contributed by atoms with Crippen LogP contribution in [0.3, 0.4) is 0 Å². The smallest absolute Gasteiger partial charge is 0.0493 e. The van der Waals surface area contributed by atoms with E-state index in [0.29, 0.717) is 0 Å². The molecule has 0 radical (unpaired) electrons. The number of fused-ring (bicyclic) bond motifs is 3. The highest BCUT2D eigenvalue weighted by Crippen LogP contribution is 2.60. The first-order chi connectivity index (χ1) is 23.1. The van der Waals surface area contributed by atoms with Crippen molar-refractivity contribution in [3.8, 4) is 20.2 Å². The first kappa shape index (κ1) is 33.7. The topological polar surface area (TPSA) is 3.24 Å². The highest BCUT2D eigenvalue weighted by molar-refractivity contribution is 7.24. The molecule has 2 aromatic heterocycles. The highest BCUT2D eigenvalue weighted by atomic mass is 32.1. The molecule has 0 amide bonds. The second-order valence-corrected chi connectivity index (χ2v) is 15.9. The Kier molecular flexibility index (Phi) is 11.7. The van der Waals surface area contributed by atoms with Crippen LogP contribution in [0.25, 0.3) is 20.2 Å². The number of hydrogen-bond donors (Lipinski definition) is 0. The van der Waals surface area contributed by atoms with Gasteiger partial charge < -0.3 is 4.90 Å². The maximum atomic E-state index is 2.61. The van der Waals surface area contributed by atoms with Crippen LogP contribution in [0.2, 0.25) is 0 Å². The van der Waals surface area contributed by atoms with Gasteiger partial charge in [0.25, 0.3) is 0 Å². The van der Waals surface area contributed by atoms with Crippen molar-refractivity contribution in [1.82, 2.24) is 0 Å². The molecular weight excluding hydrogens is 607 g/mol. The van der Waals surface area contributed by atoms with Crippen LogP contribution in [0.1, 0.15) is 120 Å². The molecule has 0 unspecified atom stereocenters. The fourth-order valence-corrected chi connectivity index (χ4v) is 10.2. The Hall–Kier alpha value is -3.14. The van der Waals surface area contributed by atoms with Crippen molar-refractivity contribution >= 4 is 39.7 Å². The average Bonchev–Trinajstić information content (AvgIpc) is 3.78. The molecule has 0 bridgehead atoms. The fourth-order valence-electron chi connectivity index (χ4n) is 7.69. The summed E-state index contributed by atoms with van der Waals surface area (Å²) in [5.41, 5.74) is 8.35. The molecule has 6 rings (SSSR count). The molecule has 1 nitrogen and oxygen atoms in total. The van der Waals surface area contributed by atoms with Crippen LogP contribution in [-0.4, -0.2) is 0 Å². The zero-order valence-corrected chi connectivity index (χ0v) is 30.5. The van der Waals surface area contributed by atoms with Crippen molar-refractivity contribution in [1.29, 1.82) is 0 Å². The Balaban J connectivity index is 1.30. The summed E-state index contributed by atoms with van der Waals surface area (Å²) in [6.45, 7) is 6.96. The first-order valence-electron chi connectivity index (χ1n) is 18.4. The maximum absolute atomic E-state index is 2.61. The predicted octanol–water partition coefficient (Wildman–Crippen LogP) is 15.0. The van der Waals surface area contributed by atoms with Crippen LogP contribution in [0.4, 0.5) is 17.1 Å². The Morgan fingerprint density at radius 3 is 1.53 bits per heavy atom. The third kappa shape index (κ3) is 7.63. The van der Waals surface area contributed by atoms with Crippen molar-refractivity contribution in [2.75, 3.05) is 4.90 Å². The Bertz CT molecular complexity index is 1610. The van der Waals surface area contributed by atoms with Gasteiger partial charge in [0.1, 0.15) is 0 Å². The summed E-state index contributed by atoms with van der Waals surface area (Å²) in [5.74, 6) is 0. The summed E-state index contributed by atoms with van der Waals surface area (Å²) in [4.78, 5) is 8.37. The summed E-state index contributed by atoms with van der Waals surface area (Å²) in [6, 6.07) is 35.9. The Morgan fingerprint density at radius 2 is 0.979 bits per heavy atom. The van der Waals surface area contributed by atoms with E-state index in [-0.39, 0.29) is 5.41 Å². The molecule has 0 aliphatic heterocycles. The van der Waals surface area contributed by atoms with E-state index >= 15 is 0 Å². The molecule has 1 aliphatic rings. The van der Waals surface area contributed by atoms with E-state index in [2.05, 4.69) is 123 Å². The quantitative estimate of drug-likeness (QED) is 0.0846. The molecule has 246 valence electrons. The minimum atomic E-state index is 0.178. The molecule has 47 heavy (non-hydrogen) atoms. The van der Waals surface area contributed by atoms with Gasteiger partial charge in [0.05, 0.1) is 0 Å². The molecule has 0 atom stereocenters. The second kappa shape index (κ2) is 16.3. The van der Waals surface area contributed by atoms with Crippen LogP contribution in [0.5, 0.6) is 0 Å².